The highest BCUT2D eigenvalue weighted by Crippen LogP contribution is 2.32. The first-order valence-corrected chi connectivity index (χ1v) is 9.29. The quantitative estimate of drug-likeness (QED) is 0.772. The molecule has 0 aromatic carbocycles. The summed E-state index contributed by atoms with van der Waals surface area (Å²) in [5.74, 6) is 0.844. The molecule has 2 aromatic rings. The van der Waals surface area contributed by atoms with E-state index in [0.29, 0.717) is 32.6 Å². The molecule has 1 atom stereocenters. The molecule has 2 amide bonds. The number of carbonyl (C=O) groups is 2. The average Bonchev–Trinajstić information content (AvgIpc) is 3.30. The van der Waals surface area contributed by atoms with Crippen LogP contribution in [0.5, 0.6) is 0 Å². The number of imidazole rings is 1. The van der Waals surface area contributed by atoms with E-state index < -0.39 is 5.41 Å². The molecule has 27 heavy (non-hydrogen) atoms. The Labute approximate surface area is 159 Å². The second-order valence-electron chi connectivity index (χ2n) is 7.62. The van der Waals surface area contributed by atoms with E-state index in [2.05, 4.69) is 10.1 Å². The molecule has 0 bridgehead atoms. The SMILES string of the molecule is Cc1cc(CN(C)C(=O)[C@@]2(C)CCCN(C(=O)CCn3ccnc3)C2)no1. The summed E-state index contributed by atoms with van der Waals surface area (Å²) in [5, 5.41) is 3.96. The average molecular weight is 373 g/mol. The Bertz CT molecular complexity index is 785. The second kappa shape index (κ2) is 7.94. The second-order valence-corrected chi connectivity index (χ2v) is 7.62. The van der Waals surface area contributed by atoms with Crippen LogP contribution in [0.3, 0.4) is 0 Å². The summed E-state index contributed by atoms with van der Waals surface area (Å²) >= 11 is 0. The fourth-order valence-corrected chi connectivity index (χ4v) is 3.70. The number of aryl methyl sites for hydroxylation is 2. The zero-order valence-electron chi connectivity index (χ0n) is 16.2. The smallest absolute Gasteiger partial charge is 0.230 e. The van der Waals surface area contributed by atoms with E-state index >= 15 is 0 Å². The largest absolute Gasteiger partial charge is 0.361 e. The Morgan fingerprint density at radius 2 is 2.22 bits per heavy atom. The third kappa shape index (κ3) is 4.56. The van der Waals surface area contributed by atoms with E-state index in [1.807, 2.05) is 35.6 Å². The van der Waals surface area contributed by atoms with Gasteiger partial charge in [0.25, 0.3) is 0 Å². The molecule has 1 aliphatic rings. The van der Waals surface area contributed by atoms with Crippen molar-refractivity contribution in [1.82, 2.24) is 24.5 Å². The molecule has 0 saturated carbocycles. The van der Waals surface area contributed by atoms with E-state index in [0.717, 1.165) is 24.3 Å². The maximum absolute atomic E-state index is 13.1. The minimum Gasteiger partial charge on any atom is -0.361 e. The van der Waals surface area contributed by atoms with Gasteiger partial charge < -0.3 is 18.9 Å². The molecule has 0 aliphatic carbocycles. The molecule has 0 radical (unpaired) electrons. The highest BCUT2D eigenvalue weighted by atomic mass is 16.5. The van der Waals surface area contributed by atoms with Gasteiger partial charge >= 0.3 is 0 Å². The Balaban J connectivity index is 1.58. The van der Waals surface area contributed by atoms with E-state index in [-0.39, 0.29) is 11.8 Å². The normalized spacial score (nSPS) is 19.9. The fourth-order valence-electron chi connectivity index (χ4n) is 3.70. The summed E-state index contributed by atoms with van der Waals surface area (Å²) in [4.78, 5) is 33.2. The first kappa shape index (κ1) is 19.1. The van der Waals surface area contributed by atoms with Crippen LogP contribution >= 0.6 is 0 Å². The van der Waals surface area contributed by atoms with Crippen LogP contribution in [0.2, 0.25) is 0 Å². The molecule has 8 nitrogen and oxygen atoms in total. The first-order chi connectivity index (χ1) is 12.9. The molecular formula is C19H27N5O3. The van der Waals surface area contributed by atoms with Gasteiger partial charge in [0.15, 0.2) is 0 Å². The summed E-state index contributed by atoms with van der Waals surface area (Å²) in [6.45, 7) is 5.95. The molecule has 1 saturated heterocycles. The number of hydrogen-bond donors (Lipinski definition) is 0. The summed E-state index contributed by atoms with van der Waals surface area (Å²) in [6, 6.07) is 1.83. The van der Waals surface area contributed by atoms with Gasteiger partial charge in [0.2, 0.25) is 11.8 Å². The van der Waals surface area contributed by atoms with Gasteiger partial charge in [0, 0.05) is 51.6 Å². The molecule has 3 heterocycles. The molecule has 1 fully saturated rings. The zero-order chi connectivity index (χ0) is 19.4. The van der Waals surface area contributed by atoms with Gasteiger partial charge in [0.1, 0.15) is 11.5 Å². The van der Waals surface area contributed by atoms with Crippen LogP contribution < -0.4 is 0 Å². The Morgan fingerprint density at radius 3 is 2.89 bits per heavy atom. The van der Waals surface area contributed by atoms with Gasteiger partial charge in [0.05, 0.1) is 18.3 Å². The van der Waals surface area contributed by atoms with Gasteiger partial charge in [-0.3, -0.25) is 9.59 Å². The van der Waals surface area contributed by atoms with Crippen LogP contribution in [-0.2, 0) is 22.7 Å². The lowest BCUT2D eigenvalue weighted by atomic mass is 9.80. The van der Waals surface area contributed by atoms with Crippen LogP contribution in [0, 0.1) is 12.3 Å². The van der Waals surface area contributed by atoms with Gasteiger partial charge in [-0.25, -0.2) is 4.98 Å². The number of rotatable bonds is 6. The molecule has 2 aromatic heterocycles. The van der Waals surface area contributed by atoms with Crippen molar-refractivity contribution in [3.8, 4) is 0 Å². The van der Waals surface area contributed by atoms with Crippen LogP contribution in [0.15, 0.2) is 29.3 Å². The van der Waals surface area contributed by atoms with E-state index in [4.69, 9.17) is 4.52 Å². The number of nitrogens with zero attached hydrogens (tertiary/aromatic N) is 5. The minimum absolute atomic E-state index is 0.0373. The molecule has 8 heteroatoms. The van der Waals surface area contributed by atoms with Crippen molar-refractivity contribution in [1.29, 1.82) is 0 Å². The maximum atomic E-state index is 13.1. The zero-order valence-corrected chi connectivity index (χ0v) is 16.2. The van der Waals surface area contributed by atoms with Crippen molar-refractivity contribution < 1.29 is 14.1 Å². The predicted molar refractivity (Wildman–Crippen MR) is 98.5 cm³/mol. The third-order valence-electron chi connectivity index (χ3n) is 5.13. The molecule has 0 unspecified atom stereocenters. The monoisotopic (exact) mass is 373 g/mol. The Morgan fingerprint density at radius 1 is 1.41 bits per heavy atom. The third-order valence-corrected chi connectivity index (χ3v) is 5.13. The van der Waals surface area contributed by atoms with Crippen LogP contribution in [0.4, 0.5) is 0 Å². The van der Waals surface area contributed by atoms with Crippen molar-refractivity contribution in [2.75, 3.05) is 20.1 Å². The molecule has 146 valence electrons. The maximum Gasteiger partial charge on any atom is 0.230 e. The molecule has 0 N–H and O–H groups in total. The lowest BCUT2D eigenvalue weighted by Crippen LogP contribution is -2.52. The lowest BCUT2D eigenvalue weighted by molar-refractivity contribution is -0.147. The number of piperidine rings is 1. The highest BCUT2D eigenvalue weighted by Gasteiger charge is 2.40. The van der Waals surface area contributed by atoms with Gasteiger partial charge in [-0.2, -0.15) is 0 Å². The van der Waals surface area contributed by atoms with Gasteiger partial charge in [-0.15, -0.1) is 0 Å². The van der Waals surface area contributed by atoms with Crippen LogP contribution in [0.1, 0.15) is 37.6 Å². The van der Waals surface area contributed by atoms with Gasteiger partial charge in [-0.1, -0.05) is 5.16 Å². The van der Waals surface area contributed by atoms with Crippen LogP contribution in [0.25, 0.3) is 0 Å². The lowest BCUT2D eigenvalue weighted by Gasteiger charge is -2.41. The summed E-state index contributed by atoms with van der Waals surface area (Å²) in [7, 11) is 1.78. The first-order valence-electron chi connectivity index (χ1n) is 9.29. The molecule has 1 aliphatic heterocycles. The molecular weight excluding hydrogens is 346 g/mol. The molecule has 0 spiro atoms. The van der Waals surface area contributed by atoms with Crippen molar-refractivity contribution >= 4 is 11.8 Å². The van der Waals surface area contributed by atoms with Crippen molar-refractivity contribution in [3.05, 3.63) is 36.2 Å². The number of hydrogen-bond acceptors (Lipinski definition) is 5. The van der Waals surface area contributed by atoms with E-state index in [1.165, 1.54) is 0 Å². The van der Waals surface area contributed by atoms with Crippen molar-refractivity contribution in [3.63, 3.8) is 0 Å². The standard InChI is InChI=1S/C19H27N5O3/c1-15-11-16(21-27-15)12-22(3)18(26)19(2)6-4-8-24(13-19)17(25)5-9-23-10-7-20-14-23/h7,10-11,14H,4-6,8-9,12-13H2,1-3H3/t19-/m0/s1. The summed E-state index contributed by atoms with van der Waals surface area (Å²) < 4.78 is 6.96. The summed E-state index contributed by atoms with van der Waals surface area (Å²) in [6.07, 6.45) is 7.27. The fraction of sp³-hybridized carbons (Fsp3) is 0.579. The topological polar surface area (TPSA) is 84.5 Å². The predicted octanol–water partition coefficient (Wildman–Crippen LogP) is 1.86. The van der Waals surface area contributed by atoms with E-state index in [9.17, 15) is 9.59 Å². The highest BCUT2D eigenvalue weighted by molar-refractivity contribution is 5.84. The summed E-state index contributed by atoms with van der Waals surface area (Å²) in [5.41, 5.74) is 0.159. The number of carbonyl (C=O) groups excluding carboxylic acids is 2. The minimum atomic E-state index is -0.573. The number of amides is 2. The van der Waals surface area contributed by atoms with Gasteiger partial charge in [-0.05, 0) is 26.7 Å². The number of aromatic nitrogens is 3. The van der Waals surface area contributed by atoms with Crippen molar-refractivity contribution in [2.24, 2.45) is 5.41 Å². The Hall–Kier alpha value is -2.64. The van der Waals surface area contributed by atoms with Crippen LogP contribution in [-0.4, -0.2) is 56.5 Å². The van der Waals surface area contributed by atoms with Crippen molar-refractivity contribution in [2.45, 2.75) is 46.2 Å². The van der Waals surface area contributed by atoms with E-state index in [1.54, 1.807) is 24.5 Å². The Kier molecular flexibility index (Phi) is 5.62. The number of likely N-dealkylation sites (tertiary alicyclic amines) is 1. The molecule has 3 rings (SSSR count).